The zero-order chi connectivity index (χ0) is 11.4. The van der Waals surface area contributed by atoms with Gasteiger partial charge in [-0.2, -0.15) is 0 Å². The molecule has 0 radical (unpaired) electrons. The summed E-state index contributed by atoms with van der Waals surface area (Å²) in [6, 6.07) is -0.0255. The number of amides is 1. The zero-order valence-corrected chi connectivity index (χ0v) is 9.83. The third kappa shape index (κ3) is 5.80. The molecule has 0 saturated carbocycles. The van der Waals surface area contributed by atoms with Crippen LogP contribution in [0.2, 0.25) is 0 Å². The fraction of sp³-hybridized carbons (Fsp3) is 0.900. The summed E-state index contributed by atoms with van der Waals surface area (Å²) in [6.07, 6.45) is -0.294. The van der Waals surface area contributed by atoms with Crippen LogP contribution in [0, 0.1) is 0 Å². The quantitative estimate of drug-likeness (QED) is 0.756. The number of rotatable bonds is 3. The minimum absolute atomic E-state index is 0.0255. The fourth-order valence-electron chi connectivity index (χ4n) is 1.01. The molecule has 0 aliphatic heterocycles. The number of likely N-dealkylation sites (N-methyl/N-ethyl adjacent to an activating group) is 1. The second kappa shape index (κ2) is 5.20. The standard InChI is InChI=1S/C10H22N2O2/c1-6-12(7-8(2)11)9(13)14-10(3,4)5/h8H,6-7,11H2,1-5H3. The molecule has 0 aromatic rings. The van der Waals surface area contributed by atoms with Crippen molar-refractivity contribution >= 4 is 6.09 Å². The average Bonchev–Trinajstić information content (AvgIpc) is 1.96. The highest BCUT2D eigenvalue weighted by molar-refractivity contribution is 5.68. The van der Waals surface area contributed by atoms with Crippen LogP contribution in [0.15, 0.2) is 0 Å². The highest BCUT2D eigenvalue weighted by Gasteiger charge is 2.21. The van der Waals surface area contributed by atoms with Gasteiger partial charge in [-0.25, -0.2) is 4.79 Å². The van der Waals surface area contributed by atoms with E-state index in [1.165, 1.54) is 0 Å². The third-order valence-corrected chi connectivity index (χ3v) is 1.54. The minimum Gasteiger partial charge on any atom is -0.444 e. The van der Waals surface area contributed by atoms with Gasteiger partial charge in [0.1, 0.15) is 5.60 Å². The van der Waals surface area contributed by atoms with Gasteiger partial charge in [0, 0.05) is 19.1 Å². The van der Waals surface area contributed by atoms with Crippen LogP contribution in [-0.4, -0.2) is 35.7 Å². The lowest BCUT2D eigenvalue weighted by Gasteiger charge is -2.27. The number of nitrogens with two attached hydrogens (primary N) is 1. The topological polar surface area (TPSA) is 55.6 Å². The molecule has 0 bridgehead atoms. The zero-order valence-electron chi connectivity index (χ0n) is 9.83. The monoisotopic (exact) mass is 202 g/mol. The number of ether oxygens (including phenoxy) is 1. The molecule has 0 spiro atoms. The maximum absolute atomic E-state index is 11.6. The summed E-state index contributed by atoms with van der Waals surface area (Å²) in [6.45, 7) is 10.5. The summed E-state index contributed by atoms with van der Waals surface area (Å²) < 4.78 is 5.22. The normalized spacial score (nSPS) is 13.6. The molecule has 4 nitrogen and oxygen atoms in total. The Balaban J connectivity index is 4.18. The van der Waals surface area contributed by atoms with Crippen molar-refractivity contribution in [3.8, 4) is 0 Å². The van der Waals surface area contributed by atoms with Crippen LogP contribution < -0.4 is 5.73 Å². The van der Waals surface area contributed by atoms with Gasteiger partial charge in [0.15, 0.2) is 0 Å². The Morgan fingerprint density at radius 2 is 2.00 bits per heavy atom. The van der Waals surface area contributed by atoms with E-state index in [-0.39, 0.29) is 12.1 Å². The summed E-state index contributed by atoms with van der Waals surface area (Å²) >= 11 is 0. The van der Waals surface area contributed by atoms with Gasteiger partial charge < -0.3 is 15.4 Å². The smallest absolute Gasteiger partial charge is 0.410 e. The van der Waals surface area contributed by atoms with Gasteiger partial charge >= 0.3 is 6.09 Å². The van der Waals surface area contributed by atoms with Gasteiger partial charge in [-0.1, -0.05) is 0 Å². The number of hydrogen-bond acceptors (Lipinski definition) is 3. The molecule has 2 N–H and O–H groups in total. The molecular weight excluding hydrogens is 180 g/mol. The lowest BCUT2D eigenvalue weighted by molar-refractivity contribution is 0.0252. The van der Waals surface area contributed by atoms with Crippen LogP contribution in [0.3, 0.4) is 0 Å². The highest BCUT2D eigenvalue weighted by Crippen LogP contribution is 2.09. The van der Waals surface area contributed by atoms with Gasteiger partial charge in [-0.15, -0.1) is 0 Å². The Morgan fingerprint density at radius 1 is 1.50 bits per heavy atom. The van der Waals surface area contributed by atoms with Crippen molar-refractivity contribution in [3.63, 3.8) is 0 Å². The lowest BCUT2D eigenvalue weighted by Crippen LogP contribution is -2.42. The Morgan fingerprint density at radius 3 is 2.29 bits per heavy atom. The second-order valence-electron chi connectivity index (χ2n) is 4.50. The first-order valence-electron chi connectivity index (χ1n) is 4.99. The van der Waals surface area contributed by atoms with Gasteiger partial charge in [0.2, 0.25) is 0 Å². The van der Waals surface area contributed by atoms with E-state index in [0.717, 1.165) is 0 Å². The SMILES string of the molecule is CCN(CC(C)N)C(=O)OC(C)(C)C. The number of carbonyl (C=O) groups is 1. The molecule has 84 valence electrons. The summed E-state index contributed by atoms with van der Waals surface area (Å²) in [5, 5.41) is 0. The van der Waals surface area contributed by atoms with Gasteiger partial charge in [-0.3, -0.25) is 0 Å². The first-order valence-corrected chi connectivity index (χ1v) is 4.99. The van der Waals surface area contributed by atoms with Crippen LogP contribution in [-0.2, 0) is 4.74 Å². The molecule has 0 aromatic heterocycles. The predicted octanol–water partition coefficient (Wildman–Crippen LogP) is 1.59. The highest BCUT2D eigenvalue weighted by atomic mass is 16.6. The van der Waals surface area contributed by atoms with E-state index in [1.807, 2.05) is 34.6 Å². The minimum atomic E-state index is -0.442. The Labute approximate surface area is 86.4 Å². The van der Waals surface area contributed by atoms with E-state index in [1.54, 1.807) is 4.90 Å². The molecule has 0 aliphatic carbocycles. The first-order chi connectivity index (χ1) is 6.26. The molecule has 0 aromatic carbocycles. The van der Waals surface area contributed by atoms with Gasteiger partial charge in [0.25, 0.3) is 0 Å². The van der Waals surface area contributed by atoms with Crippen molar-refractivity contribution in [3.05, 3.63) is 0 Å². The van der Waals surface area contributed by atoms with E-state index < -0.39 is 5.60 Å². The van der Waals surface area contributed by atoms with Crippen LogP contribution >= 0.6 is 0 Å². The van der Waals surface area contributed by atoms with E-state index in [9.17, 15) is 4.79 Å². The average molecular weight is 202 g/mol. The Kier molecular flexibility index (Phi) is 4.91. The molecule has 1 unspecified atom stereocenters. The van der Waals surface area contributed by atoms with E-state index in [2.05, 4.69) is 0 Å². The Bertz CT molecular complexity index is 185. The molecule has 1 amide bonds. The molecule has 4 heteroatoms. The largest absolute Gasteiger partial charge is 0.444 e. The van der Waals surface area contributed by atoms with Crippen molar-refractivity contribution in [2.45, 2.75) is 46.3 Å². The molecule has 1 atom stereocenters. The number of nitrogens with zero attached hydrogens (tertiary/aromatic N) is 1. The second-order valence-corrected chi connectivity index (χ2v) is 4.50. The molecule has 0 fully saturated rings. The van der Waals surface area contributed by atoms with Gasteiger partial charge in [-0.05, 0) is 34.6 Å². The van der Waals surface area contributed by atoms with Crippen LogP contribution in [0.1, 0.15) is 34.6 Å². The maximum atomic E-state index is 11.6. The summed E-state index contributed by atoms with van der Waals surface area (Å²) in [5.41, 5.74) is 5.18. The Hall–Kier alpha value is -0.770. The van der Waals surface area contributed by atoms with Crippen molar-refractivity contribution < 1.29 is 9.53 Å². The molecule has 14 heavy (non-hydrogen) atoms. The first kappa shape index (κ1) is 13.2. The summed E-state index contributed by atoms with van der Waals surface area (Å²) in [7, 11) is 0. The van der Waals surface area contributed by atoms with Crippen LogP contribution in [0.25, 0.3) is 0 Å². The molecule has 0 heterocycles. The fourth-order valence-corrected chi connectivity index (χ4v) is 1.01. The van der Waals surface area contributed by atoms with Crippen LogP contribution in [0.4, 0.5) is 4.79 Å². The lowest BCUT2D eigenvalue weighted by atomic mass is 10.2. The van der Waals surface area contributed by atoms with Crippen LogP contribution in [0.5, 0.6) is 0 Å². The van der Waals surface area contributed by atoms with Crippen molar-refractivity contribution in [1.29, 1.82) is 0 Å². The number of carbonyl (C=O) groups excluding carboxylic acids is 1. The maximum Gasteiger partial charge on any atom is 0.410 e. The van der Waals surface area contributed by atoms with Crippen molar-refractivity contribution in [2.24, 2.45) is 5.73 Å². The number of hydrogen-bond donors (Lipinski definition) is 1. The molecule has 0 aliphatic rings. The van der Waals surface area contributed by atoms with E-state index >= 15 is 0 Å². The molecule has 0 saturated heterocycles. The predicted molar refractivity (Wildman–Crippen MR) is 57.1 cm³/mol. The van der Waals surface area contributed by atoms with Crippen molar-refractivity contribution in [2.75, 3.05) is 13.1 Å². The van der Waals surface area contributed by atoms with E-state index in [0.29, 0.717) is 13.1 Å². The van der Waals surface area contributed by atoms with E-state index in [4.69, 9.17) is 10.5 Å². The molecular formula is C10H22N2O2. The molecule has 0 rings (SSSR count). The van der Waals surface area contributed by atoms with Crippen molar-refractivity contribution in [1.82, 2.24) is 4.90 Å². The summed E-state index contributed by atoms with van der Waals surface area (Å²) in [5.74, 6) is 0. The third-order valence-electron chi connectivity index (χ3n) is 1.54. The van der Waals surface area contributed by atoms with Gasteiger partial charge in [0.05, 0.1) is 0 Å². The summed E-state index contributed by atoms with van der Waals surface area (Å²) in [4.78, 5) is 13.2.